The fraction of sp³-hybridized carbons (Fsp3) is 0.500. The van der Waals surface area contributed by atoms with Crippen LogP contribution in [0.2, 0.25) is 0 Å². The number of benzene rings is 1. The topological polar surface area (TPSA) is 32.3 Å². The van der Waals surface area contributed by atoms with Crippen molar-refractivity contribution < 1.29 is 4.79 Å². The van der Waals surface area contributed by atoms with Crippen LogP contribution in [0.15, 0.2) is 30.3 Å². The van der Waals surface area contributed by atoms with Gasteiger partial charge in [0.15, 0.2) is 0 Å². The van der Waals surface area contributed by atoms with Crippen LogP contribution in [0, 0.1) is 0 Å². The maximum absolute atomic E-state index is 11.9. The van der Waals surface area contributed by atoms with E-state index in [-0.39, 0.29) is 11.9 Å². The molecule has 94 valence electrons. The Bertz CT molecular complexity index is 337. The maximum Gasteiger partial charge on any atom is 0.237 e. The van der Waals surface area contributed by atoms with Crippen molar-refractivity contribution in [2.24, 2.45) is 0 Å². The van der Waals surface area contributed by atoms with E-state index in [0.29, 0.717) is 6.54 Å². The third-order valence-corrected chi connectivity index (χ3v) is 2.93. The Hall–Kier alpha value is -1.35. The molecule has 0 aliphatic carbocycles. The van der Waals surface area contributed by atoms with Crippen molar-refractivity contribution in [3.63, 3.8) is 0 Å². The highest BCUT2D eigenvalue weighted by molar-refractivity contribution is 5.81. The van der Waals surface area contributed by atoms with Crippen molar-refractivity contribution in [2.75, 3.05) is 13.6 Å². The minimum Gasteiger partial charge on any atom is -0.351 e. The summed E-state index contributed by atoms with van der Waals surface area (Å²) in [4.78, 5) is 13.9. The number of likely N-dealkylation sites (N-methyl/N-ethyl adjacent to an activating group) is 1. The van der Waals surface area contributed by atoms with E-state index in [1.165, 1.54) is 0 Å². The minimum atomic E-state index is -0.0707. The van der Waals surface area contributed by atoms with Crippen LogP contribution in [-0.2, 0) is 11.3 Å². The Balaban J connectivity index is 2.39. The number of carbonyl (C=O) groups is 1. The van der Waals surface area contributed by atoms with E-state index in [4.69, 9.17) is 0 Å². The molecule has 0 aliphatic rings. The summed E-state index contributed by atoms with van der Waals surface area (Å²) in [6.45, 7) is 5.60. The normalized spacial score (nSPS) is 12.5. The van der Waals surface area contributed by atoms with Crippen LogP contribution in [0.4, 0.5) is 0 Å². The lowest BCUT2D eigenvalue weighted by molar-refractivity contribution is -0.125. The fourth-order valence-corrected chi connectivity index (χ4v) is 1.68. The van der Waals surface area contributed by atoms with Gasteiger partial charge >= 0.3 is 0 Å². The summed E-state index contributed by atoms with van der Waals surface area (Å²) in [6, 6.07) is 9.89. The van der Waals surface area contributed by atoms with Crippen LogP contribution in [-0.4, -0.2) is 30.4 Å². The second-order valence-corrected chi connectivity index (χ2v) is 4.36. The first-order valence-corrected chi connectivity index (χ1v) is 6.17. The lowest BCUT2D eigenvalue weighted by Crippen LogP contribution is -2.43. The van der Waals surface area contributed by atoms with Crippen molar-refractivity contribution in [1.29, 1.82) is 0 Å². The van der Waals surface area contributed by atoms with Crippen molar-refractivity contribution >= 4 is 5.91 Å². The van der Waals surface area contributed by atoms with Crippen LogP contribution in [0.3, 0.4) is 0 Å². The Morgan fingerprint density at radius 2 is 2.00 bits per heavy atom. The fourth-order valence-electron chi connectivity index (χ4n) is 1.68. The van der Waals surface area contributed by atoms with E-state index in [0.717, 1.165) is 18.5 Å². The summed E-state index contributed by atoms with van der Waals surface area (Å²) in [5, 5.41) is 2.96. The van der Waals surface area contributed by atoms with Gasteiger partial charge in [0.25, 0.3) is 0 Å². The molecule has 1 amide bonds. The zero-order valence-electron chi connectivity index (χ0n) is 10.9. The van der Waals surface area contributed by atoms with Crippen LogP contribution < -0.4 is 5.32 Å². The number of amides is 1. The third-order valence-electron chi connectivity index (χ3n) is 2.93. The standard InChI is InChI=1S/C14H22N2O/c1-4-10-16(3)12(2)14(17)15-11-13-8-6-5-7-9-13/h5-9,12H,4,10-11H2,1-3H3,(H,15,17). The summed E-state index contributed by atoms with van der Waals surface area (Å²) >= 11 is 0. The van der Waals surface area contributed by atoms with Crippen molar-refractivity contribution in [3.05, 3.63) is 35.9 Å². The lowest BCUT2D eigenvalue weighted by Gasteiger charge is -2.23. The molecule has 0 aliphatic heterocycles. The zero-order chi connectivity index (χ0) is 12.7. The van der Waals surface area contributed by atoms with Crippen LogP contribution in [0.1, 0.15) is 25.8 Å². The Labute approximate surface area is 104 Å². The molecular formula is C14H22N2O. The molecule has 1 rings (SSSR count). The zero-order valence-corrected chi connectivity index (χ0v) is 10.9. The first kappa shape index (κ1) is 13.7. The average Bonchev–Trinajstić information content (AvgIpc) is 2.36. The molecule has 1 aromatic carbocycles. The van der Waals surface area contributed by atoms with E-state index in [1.807, 2.05) is 44.3 Å². The Morgan fingerprint density at radius 3 is 2.59 bits per heavy atom. The van der Waals surface area contributed by atoms with E-state index < -0.39 is 0 Å². The molecule has 0 saturated carbocycles. The predicted octanol–water partition coefficient (Wildman–Crippen LogP) is 2.03. The van der Waals surface area contributed by atoms with Crippen molar-refractivity contribution in [3.8, 4) is 0 Å². The molecule has 0 fully saturated rings. The molecule has 17 heavy (non-hydrogen) atoms. The Kier molecular flexibility index (Phi) is 5.70. The van der Waals surface area contributed by atoms with Gasteiger partial charge in [-0.3, -0.25) is 9.69 Å². The molecule has 0 saturated heterocycles. The van der Waals surface area contributed by atoms with Crippen molar-refractivity contribution in [1.82, 2.24) is 10.2 Å². The van der Waals surface area contributed by atoms with Gasteiger partial charge in [0.05, 0.1) is 6.04 Å². The van der Waals surface area contributed by atoms with Gasteiger partial charge in [-0.05, 0) is 32.5 Å². The highest BCUT2D eigenvalue weighted by Crippen LogP contribution is 2.00. The lowest BCUT2D eigenvalue weighted by atomic mass is 10.2. The van der Waals surface area contributed by atoms with Crippen LogP contribution in [0.25, 0.3) is 0 Å². The van der Waals surface area contributed by atoms with Gasteiger partial charge in [-0.15, -0.1) is 0 Å². The molecule has 0 bridgehead atoms. The van der Waals surface area contributed by atoms with Crippen LogP contribution >= 0.6 is 0 Å². The molecule has 1 aromatic rings. The monoisotopic (exact) mass is 234 g/mol. The number of rotatable bonds is 6. The highest BCUT2D eigenvalue weighted by Gasteiger charge is 2.16. The van der Waals surface area contributed by atoms with Crippen molar-refractivity contribution in [2.45, 2.75) is 32.9 Å². The van der Waals surface area contributed by atoms with Gasteiger partial charge in [-0.25, -0.2) is 0 Å². The van der Waals surface area contributed by atoms with Gasteiger partial charge in [0.1, 0.15) is 0 Å². The van der Waals surface area contributed by atoms with Gasteiger partial charge in [0.2, 0.25) is 5.91 Å². The summed E-state index contributed by atoms with van der Waals surface area (Å²) in [5.74, 6) is 0.0878. The van der Waals surface area contributed by atoms with Crippen LogP contribution in [0.5, 0.6) is 0 Å². The molecule has 0 aromatic heterocycles. The smallest absolute Gasteiger partial charge is 0.237 e. The number of hydrogen-bond acceptors (Lipinski definition) is 2. The average molecular weight is 234 g/mol. The Morgan fingerprint density at radius 1 is 1.35 bits per heavy atom. The first-order chi connectivity index (χ1) is 8.15. The summed E-state index contributed by atoms with van der Waals surface area (Å²) < 4.78 is 0. The van der Waals surface area contributed by atoms with Gasteiger partial charge in [-0.2, -0.15) is 0 Å². The SMILES string of the molecule is CCCN(C)C(C)C(=O)NCc1ccccc1. The van der Waals surface area contributed by atoms with E-state index >= 15 is 0 Å². The quantitative estimate of drug-likeness (QED) is 0.817. The van der Waals surface area contributed by atoms with E-state index in [9.17, 15) is 4.79 Å². The largest absolute Gasteiger partial charge is 0.351 e. The number of nitrogens with zero attached hydrogens (tertiary/aromatic N) is 1. The first-order valence-electron chi connectivity index (χ1n) is 6.17. The number of nitrogens with one attached hydrogen (secondary N) is 1. The molecule has 3 heteroatoms. The summed E-state index contributed by atoms with van der Waals surface area (Å²) in [5.41, 5.74) is 1.13. The molecule has 3 nitrogen and oxygen atoms in total. The molecule has 0 spiro atoms. The molecular weight excluding hydrogens is 212 g/mol. The minimum absolute atomic E-state index is 0.0707. The number of carbonyl (C=O) groups excluding carboxylic acids is 1. The molecule has 1 unspecified atom stereocenters. The maximum atomic E-state index is 11.9. The predicted molar refractivity (Wildman–Crippen MR) is 70.7 cm³/mol. The van der Waals surface area contributed by atoms with Gasteiger partial charge in [0, 0.05) is 6.54 Å². The van der Waals surface area contributed by atoms with E-state index in [1.54, 1.807) is 0 Å². The second-order valence-electron chi connectivity index (χ2n) is 4.36. The van der Waals surface area contributed by atoms with Gasteiger partial charge in [-0.1, -0.05) is 37.3 Å². The number of hydrogen-bond donors (Lipinski definition) is 1. The highest BCUT2D eigenvalue weighted by atomic mass is 16.2. The molecule has 1 N–H and O–H groups in total. The third kappa shape index (κ3) is 4.57. The second kappa shape index (κ2) is 7.07. The van der Waals surface area contributed by atoms with Gasteiger partial charge < -0.3 is 5.32 Å². The van der Waals surface area contributed by atoms with E-state index in [2.05, 4.69) is 17.1 Å². The molecule has 0 radical (unpaired) electrons. The summed E-state index contributed by atoms with van der Waals surface area (Å²) in [7, 11) is 1.98. The summed E-state index contributed by atoms with van der Waals surface area (Å²) in [6.07, 6.45) is 1.06. The molecule has 1 atom stereocenters. The molecule has 0 heterocycles.